The number of nitrogens with one attached hydrogen (secondary N) is 2. The van der Waals surface area contributed by atoms with Gasteiger partial charge < -0.3 is 10.6 Å². The summed E-state index contributed by atoms with van der Waals surface area (Å²) in [4.78, 5) is 28.9. The summed E-state index contributed by atoms with van der Waals surface area (Å²) in [6, 6.07) is 13.7. The first kappa shape index (κ1) is 17.3. The summed E-state index contributed by atoms with van der Waals surface area (Å²) in [7, 11) is 0. The molecular formula is C19H19N5O2. The Labute approximate surface area is 151 Å². The topological polar surface area (TPSA) is 88.9 Å². The van der Waals surface area contributed by atoms with Gasteiger partial charge in [-0.3, -0.25) is 14.3 Å². The van der Waals surface area contributed by atoms with Crippen molar-refractivity contribution in [3.05, 3.63) is 71.7 Å². The van der Waals surface area contributed by atoms with E-state index in [1.165, 1.54) is 0 Å². The molecule has 1 aromatic carbocycles. The van der Waals surface area contributed by atoms with Gasteiger partial charge in [0.15, 0.2) is 0 Å². The summed E-state index contributed by atoms with van der Waals surface area (Å²) in [5.41, 5.74) is 2.22. The van der Waals surface area contributed by atoms with Gasteiger partial charge in [0.05, 0.1) is 5.69 Å². The van der Waals surface area contributed by atoms with Gasteiger partial charge in [0, 0.05) is 24.0 Å². The van der Waals surface area contributed by atoms with E-state index in [0.29, 0.717) is 29.3 Å². The van der Waals surface area contributed by atoms with Crippen molar-refractivity contribution in [1.82, 2.24) is 14.8 Å². The second-order valence-electron chi connectivity index (χ2n) is 5.69. The molecule has 0 saturated heterocycles. The van der Waals surface area contributed by atoms with E-state index in [4.69, 9.17) is 0 Å². The normalized spacial score (nSPS) is 10.4. The molecule has 0 radical (unpaired) electrons. The fourth-order valence-electron chi connectivity index (χ4n) is 2.53. The van der Waals surface area contributed by atoms with Gasteiger partial charge in [0.25, 0.3) is 11.8 Å². The number of amides is 2. The second-order valence-corrected chi connectivity index (χ2v) is 5.69. The van der Waals surface area contributed by atoms with Crippen LogP contribution >= 0.6 is 0 Å². The summed E-state index contributed by atoms with van der Waals surface area (Å²) in [6.07, 6.45) is 1.60. The molecule has 0 saturated carbocycles. The zero-order chi connectivity index (χ0) is 18.5. The average molecular weight is 349 g/mol. The lowest BCUT2D eigenvalue weighted by Crippen LogP contribution is -2.18. The minimum absolute atomic E-state index is 0.269. The van der Waals surface area contributed by atoms with E-state index in [0.717, 1.165) is 5.69 Å². The maximum atomic E-state index is 12.5. The van der Waals surface area contributed by atoms with Gasteiger partial charge in [-0.1, -0.05) is 12.1 Å². The molecule has 2 aromatic heterocycles. The van der Waals surface area contributed by atoms with E-state index < -0.39 is 0 Å². The fraction of sp³-hybridized carbons (Fsp3) is 0.158. The number of carbonyl (C=O) groups excluding carboxylic acids is 2. The molecule has 3 rings (SSSR count). The van der Waals surface area contributed by atoms with Crippen LogP contribution in [0.2, 0.25) is 0 Å². The van der Waals surface area contributed by atoms with Crippen LogP contribution in [0.15, 0.2) is 54.7 Å². The van der Waals surface area contributed by atoms with Crippen molar-refractivity contribution in [1.29, 1.82) is 0 Å². The maximum absolute atomic E-state index is 12.5. The van der Waals surface area contributed by atoms with Crippen molar-refractivity contribution in [2.24, 2.45) is 0 Å². The van der Waals surface area contributed by atoms with Gasteiger partial charge in [-0.25, -0.2) is 4.98 Å². The molecule has 0 fully saturated rings. The molecule has 2 amide bonds. The van der Waals surface area contributed by atoms with Crippen LogP contribution in [0.1, 0.15) is 33.5 Å². The van der Waals surface area contributed by atoms with E-state index in [-0.39, 0.29) is 11.8 Å². The standard InChI is InChI=1S/C19H19N5O2/c1-3-24-16(11-13(2)23-24)19(26)21-15-8-6-7-14(12-15)18(25)22-17-9-4-5-10-20-17/h4-12H,3H2,1-2H3,(H,21,26)(H,20,22,25). The van der Waals surface area contributed by atoms with Gasteiger partial charge in [-0.05, 0) is 50.2 Å². The number of aryl methyl sites for hydroxylation is 2. The second kappa shape index (κ2) is 7.60. The van der Waals surface area contributed by atoms with Gasteiger partial charge in [-0.15, -0.1) is 0 Å². The molecule has 26 heavy (non-hydrogen) atoms. The van der Waals surface area contributed by atoms with E-state index >= 15 is 0 Å². The van der Waals surface area contributed by atoms with Crippen molar-refractivity contribution < 1.29 is 9.59 Å². The van der Waals surface area contributed by atoms with Gasteiger partial charge in [-0.2, -0.15) is 5.10 Å². The van der Waals surface area contributed by atoms with Gasteiger partial charge in [0.2, 0.25) is 0 Å². The van der Waals surface area contributed by atoms with Crippen LogP contribution in [0.4, 0.5) is 11.5 Å². The minimum Gasteiger partial charge on any atom is -0.321 e. The monoisotopic (exact) mass is 349 g/mol. The highest BCUT2D eigenvalue weighted by molar-refractivity contribution is 6.06. The first-order valence-electron chi connectivity index (χ1n) is 8.25. The summed E-state index contributed by atoms with van der Waals surface area (Å²) in [6.45, 7) is 4.36. The van der Waals surface area contributed by atoms with Gasteiger partial charge >= 0.3 is 0 Å². The largest absolute Gasteiger partial charge is 0.321 e. The SMILES string of the molecule is CCn1nc(C)cc1C(=O)Nc1cccc(C(=O)Nc2ccccn2)c1. The highest BCUT2D eigenvalue weighted by Gasteiger charge is 2.14. The molecule has 0 bridgehead atoms. The van der Waals surface area contributed by atoms with Crippen LogP contribution in [0.25, 0.3) is 0 Å². The van der Waals surface area contributed by atoms with E-state index in [1.54, 1.807) is 59.4 Å². The summed E-state index contributed by atoms with van der Waals surface area (Å²) >= 11 is 0. The smallest absolute Gasteiger partial charge is 0.273 e. The highest BCUT2D eigenvalue weighted by atomic mass is 16.2. The van der Waals surface area contributed by atoms with E-state index in [1.807, 2.05) is 13.8 Å². The van der Waals surface area contributed by atoms with Crippen molar-refractivity contribution in [3.8, 4) is 0 Å². The third-order valence-electron chi connectivity index (χ3n) is 3.72. The Morgan fingerprint density at radius 1 is 1.04 bits per heavy atom. The maximum Gasteiger partial charge on any atom is 0.273 e. The zero-order valence-corrected chi connectivity index (χ0v) is 14.6. The third kappa shape index (κ3) is 3.94. The molecule has 0 atom stereocenters. The number of pyridine rings is 1. The quantitative estimate of drug-likeness (QED) is 0.741. The lowest BCUT2D eigenvalue weighted by Gasteiger charge is -2.09. The number of hydrogen-bond donors (Lipinski definition) is 2. The Bertz CT molecular complexity index is 934. The summed E-state index contributed by atoms with van der Waals surface area (Å²) in [5, 5.41) is 9.79. The molecule has 0 aliphatic rings. The Balaban J connectivity index is 1.74. The first-order chi connectivity index (χ1) is 12.6. The van der Waals surface area contributed by atoms with Gasteiger partial charge in [0.1, 0.15) is 11.5 Å². The van der Waals surface area contributed by atoms with Crippen LogP contribution in [-0.4, -0.2) is 26.6 Å². The molecule has 3 aromatic rings. The van der Waals surface area contributed by atoms with Crippen LogP contribution in [-0.2, 0) is 6.54 Å². The predicted octanol–water partition coefficient (Wildman–Crippen LogP) is 3.11. The summed E-state index contributed by atoms with van der Waals surface area (Å²) in [5.74, 6) is -0.0989. The van der Waals surface area contributed by atoms with Crippen LogP contribution in [0, 0.1) is 6.92 Å². The number of hydrogen-bond acceptors (Lipinski definition) is 4. The molecule has 7 nitrogen and oxygen atoms in total. The molecule has 0 aliphatic heterocycles. The van der Waals surface area contributed by atoms with E-state index in [9.17, 15) is 9.59 Å². The molecule has 0 unspecified atom stereocenters. The third-order valence-corrected chi connectivity index (χ3v) is 3.72. The number of rotatable bonds is 5. The van der Waals surface area contributed by atoms with Crippen molar-refractivity contribution >= 4 is 23.3 Å². The minimum atomic E-state index is -0.297. The molecule has 7 heteroatoms. The number of anilines is 2. The molecule has 2 N–H and O–H groups in total. The number of nitrogens with zero attached hydrogens (tertiary/aromatic N) is 3. The van der Waals surface area contributed by atoms with Crippen molar-refractivity contribution in [2.45, 2.75) is 20.4 Å². The fourth-order valence-corrected chi connectivity index (χ4v) is 2.53. The lowest BCUT2D eigenvalue weighted by atomic mass is 10.2. The lowest BCUT2D eigenvalue weighted by molar-refractivity contribution is 0.101. The summed E-state index contributed by atoms with van der Waals surface area (Å²) < 4.78 is 1.64. The Morgan fingerprint density at radius 3 is 2.62 bits per heavy atom. The number of benzene rings is 1. The Kier molecular flexibility index (Phi) is 5.07. The van der Waals surface area contributed by atoms with Crippen molar-refractivity contribution in [2.75, 3.05) is 10.6 Å². The molecule has 2 heterocycles. The number of carbonyl (C=O) groups is 2. The average Bonchev–Trinajstić information content (AvgIpc) is 3.04. The van der Waals surface area contributed by atoms with Crippen LogP contribution in [0.5, 0.6) is 0 Å². The highest BCUT2D eigenvalue weighted by Crippen LogP contribution is 2.14. The van der Waals surface area contributed by atoms with Crippen LogP contribution < -0.4 is 10.6 Å². The molecule has 0 spiro atoms. The molecule has 0 aliphatic carbocycles. The van der Waals surface area contributed by atoms with E-state index in [2.05, 4.69) is 20.7 Å². The predicted molar refractivity (Wildman–Crippen MR) is 99.2 cm³/mol. The Hall–Kier alpha value is -3.48. The molecular weight excluding hydrogens is 330 g/mol. The number of aromatic nitrogens is 3. The van der Waals surface area contributed by atoms with Crippen molar-refractivity contribution in [3.63, 3.8) is 0 Å². The molecule has 132 valence electrons. The first-order valence-corrected chi connectivity index (χ1v) is 8.25. The van der Waals surface area contributed by atoms with Crippen LogP contribution in [0.3, 0.4) is 0 Å². The Morgan fingerprint density at radius 2 is 1.88 bits per heavy atom. The zero-order valence-electron chi connectivity index (χ0n) is 14.6.